The van der Waals surface area contributed by atoms with Crippen LogP contribution in [0.15, 0.2) is 68.6 Å². The van der Waals surface area contributed by atoms with Crippen LogP contribution in [-0.2, 0) is 19.9 Å². The summed E-state index contributed by atoms with van der Waals surface area (Å²) < 4.78 is 6.45. The van der Waals surface area contributed by atoms with Gasteiger partial charge in [0.25, 0.3) is 5.91 Å². The number of nitrogens with zero attached hydrogens (tertiary/aromatic N) is 4. The number of carbonyl (C=O) groups is 2. The average molecular weight is 658 g/mol. The Kier molecular flexibility index (Phi) is 8.00. The number of ether oxygens (including phenoxy) is 1. The zero-order chi connectivity index (χ0) is 28.9. The van der Waals surface area contributed by atoms with E-state index in [0.717, 1.165) is 32.9 Å². The predicted molar refractivity (Wildman–Crippen MR) is 167 cm³/mol. The highest BCUT2D eigenvalue weighted by molar-refractivity contribution is 9.10. The quantitative estimate of drug-likeness (QED) is 0.384. The summed E-state index contributed by atoms with van der Waals surface area (Å²) in [4.78, 5) is 39.7. The van der Waals surface area contributed by atoms with E-state index in [-0.39, 0.29) is 23.8 Å². The second-order valence-corrected chi connectivity index (χ2v) is 13.8. The second-order valence-electron chi connectivity index (χ2n) is 11.4. The molecule has 4 aliphatic heterocycles. The molecule has 2 aromatic carbocycles. The number of hydrogen-bond acceptors (Lipinski definition) is 6. The first-order valence-corrected chi connectivity index (χ1v) is 16.2. The molecule has 3 unspecified atom stereocenters. The van der Waals surface area contributed by atoms with Crippen molar-refractivity contribution in [2.45, 2.75) is 51.2 Å². The first-order chi connectivity index (χ1) is 19.7. The van der Waals surface area contributed by atoms with Crippen LogP contribution in [0.5, 0.6) is 0 Å². The van der Waals surface area contributed by atoms with Crippen molar-refractivity contribution in [3.63, 3.8) is 0 Å². The summed E-state index contributed by atoms with van der Waals surface area (Å²) >= 11 is 11.3. The van der Waals surface area contributed by atoms with Gasteiger partial charge >= 0.3 is 0 Å². The van der Waals surface area contributed by atoms with E-state index in [1.165, 1.54) is 11.8 Å². The number of hydrogen-bond donors (Lipinski definition) is 0. The van der Waals surface area contributed by atoms with Crippen LogP contribution in [0.3, 0.4) is 0 Å². The number of carbonyl (C=O) groups excluding carboxylic acids is 2. The lowest BCUT2D eigenvalue weighted by Crippen LogP contribution is -2.51. The maximum atomic E-state index is 14.3. The van der Waals surface area contributed by atoms with Gasteiger partial charge < -0.3 is 19.4 Å². The van der Waals surface area contributed by atoms with E-state index in [9.17, 15) is 9.59 Å². The number of amidine groups is 1. The number of rotatable bonds is 5. The SMILES string of the molecule is CC(C)C1=C(C(=O)N2CCCC2C(=O)N2CCOCC2)SC2=NC(C)(c3ccc(Br)cc3)C(c3ccc(Cl)cc3)N21. The van der Waals surface area contributed by atoms with Crippen LogP contribution in [0, 0.1) is 5.92 Å². The molecule has 0 spiro atoms. The van der Waals surface area contributed by atoms with Crippen molar-refractivity contribution in [2.24, 2.45) is 10.9 Å². The third kappa shape index (κ3) is 5.13. The molecular weight excluding hydrogens is 624 g/mol. The average Bonchev–Trinajstić information content (AvgIpc) is 3.66. The zero-order valence-electron chi connectivity index (χ0n) is 23.5. The van der Waals surface area contributed by atoms with Gasteiger partial charge in [-0.2, -0.15) is 0 Å². The number of amides is 2. The van der Waals surface area contributed by atoms with E-state index in [1.54, 1.807) is 4.90 Å². The van der Waals surface area contributed by atoms with E-state index >= 15 is 0 Å². The Morgan fingerprint density at radius 3 is 2.41 bits per heavy atom. The van der Waals surface area contributed by atoms with Gasteiger partial charge in [0.1, 0.15) is 16.5 Å². The summed E-state index contributed by atoms with van der Waals surface area (Å²) in [5.41, 5.74) is 2.54. The van der Waals surface area contributed by atoms with Crippen molar-refractivity contribution in [3.8, 4) is 0 Å². The molecule has 41 heavy (non-hydrogen) atoms. The standard InChI is InChI=1S/C31H34BrClN4O3S/c1-19(2)25-26(29(39)36-14-4-5-24(36)28(38)35-15-17-40-18-16-35)41-30-34-31(3,21-8-10-22(32)11-9-21)27(37(25)30)20-6-12-23(33)13-7-20/h6-13,19,24,27H,4-5,14-18H2,1-3H3. The molecule has 2 fully saturated rings. The van der Waals surface area contributed by atoms with Gasteiger partial charge in [-0.25, -0.2) is 4.99 Å². The molecule has 7 nitrogen and oxygen atoms in total. The molecule has 0 N–H and O–H groups in total. The maximum absolute atomic E-state index is 14.3. The molecule has 2 saturated heterocycles. The zero-order valence-corrected chi connectivity index (χ0v) is 26.6. The Balaban J connectivity index is 1.39. The molecule has 4 aliphatic rings. The van der Waals surface area contributed by atoms with E-state index in [0.29, 0.717) is 49.2 Å². The topological polar surface area (TPSA) is 65.5 Å². The lowest BCUT2D eigenvalue weighted by atomic mass is 9.81. The van der Waals surface area contributed by atoms with Crippen molar-refractivity contribution in [1.29, 1.82) is 0 Å². The molecule has 6 rings (SSSR count). The van der Waals surface area contributed by atoms with Crippen LogP contribution in [0.2, 0.25) is 5.02 Å². The molecule has 0 aromatic heterocycles. The van der Waals surface area contributed by atoms with E-state index in [4.69, 9.17) is 21.3 Å². The highest BCUT2D eigenvalue weighted by Crippen LogP contribution is 2.56. The third-order valence-electron chi connectivity index (χ3n) is 8.49. The molecule has 0 aliphatic carbocycles. The summed E-state index contributed by atoms with van der Waals surface area (Å²) in [6.45, 7) is 9.24. The third-order valence-corrected chi connectivity index (χ3v) is 10.3. The molecule has 10 heteroatoms. The van der Waals surface area contributed by atoms with Crippen molar-refractivity contribution in [2.75, 3.05) is 32.8 Å². The minimum absolute atomic E-state index is 0.0357. The van der Waals surface area contributed by atoms with Crippen LogP contribution < -0.4 is 0 Å². The van der Waals surface area contributed by atoms with Gasteiger partial charge in [-0.05, 0) is 72.8 Å². The van der Waals surface area contributed by atoms with Gasteiger partial charge in [0, 0.05) is 34.8 Å². The molecule has 0 bridgehead atoms. The normalized spacial score (nSPS) is 26.2. The van der Waals surface area contributed by atoms with Gasteiger partial charge in [0.15, 0.2) is 5.17 Å². The fraction of sp³-hybridized carbons (Fsp3) is 0.452. The summed E-state index contributed by atoms with van der Waals surface area (Å²) in [7, 11) is 0. The van der Waals surface area contributed by atoms with Gasteiger partial charge in [0.2, 0.25) is 5.91 Å². The van der Waals surface area contributed by atoms with Crippen LogP contribution in [0.4, 0.5) is 0 Å². The summed E-state index contributed by atoms with van der Waals surface area (Å²) in [5, 5.41) is 1.49. The Morgan fingerprint density at radius 1 is 1.07 bits per heavy atom. The fourth-order valence-electron chi connectivity index (χ4n) is 6.46. The number of halogens is 2. The highest BCUT2D eigenvalue weighted by atomic mass is 79.9. The summed E-state index contributed by atoms with van der Waals surface area (Å²) in [5.74, 6) is 0.0286. The summed E-state index contributed by atoms with van der Waals surface area (Å²) in [6.07, 6.45) is 1.51. The lowest BCUT2D eigenvalue weighted by Gasteiger charge is -2.37. The van der Waals surface area contributed by atoms with Gasteiger partial charge in [-0.1, -0.05) is 65.6 Å². The van der Waals surface area contributed by atoms with Gasteiger partial charge in [-0.15, -0.1) is 0 Å². The van der Waals surface area contributed by atoms with Crippen LogP contribution in [-0.4, -0.2) is 70.6 Å². The summed E-state index contributed by atoms with van der Waals surface area (Å²) in [6, 6.07) is 15.7. The van der Waals surface area contributed by atoms with E-state index in [1.807, 2.05) is 29.2 Å². The molecular formula is C31H34BrClN4O3S. The van der Waals surface area contributed by atoms with E-state index < -0.39 is 11.6 Å². The number of morpholine rings is 1. The Hall–Kier alpha value is -2.33. The number of fused-ring (bicyclic) bond motifs is 1. The number of allylic oxidation sites excluding steroid dienone is 1. The number of likely N-dealkylation sites (tertiary alicyclic amines) is 1. The molecule has 0 saturated carbocycles. The van der Waals surface area contributed by atoms with Crippen molar-refractivity contribution < 1.29 is 14.3 Å². The largest absolute Gasteiger partial charge is 0.378 e. The van der Waals surface area contributed by atoms with E-state index in [2.05, 4.69) is 65.9 Å². The molecule has 4 heterocycles. The molecule has 3 atom stereocenters. The van der Waals surface area contributed by atoms with Crippen LogP contribution in [0.1, 0.15) is 50.8 Å². The molecule has 0 radical (unpaired) electrons. The molecule has 2 aromatic rings. The Morgan fingerprint density at radius 2 is 1.76 bits per heavy atom. The second kappa shape index (κ2) is 11.4. The number of aliphatic imine (C=N–C) groups is 1. The lowest BCUT2D eigenvalue weighted by molar-refractivity contribution is -0.144. The fourth-order valence-corrected chi connectivity index (χ4v) is 8.21. The van der Waals surface area contributed by atoms with Gasteiger partial charge in [0.05, 0.1) is 19.3 Å². The van der Waals surface area contributed by atoms with Crippen molar-refractivity contribution in [1.82, 2.24) is 14.7 Å². The minimum atomic E-state index is -0.589. The highest BCUT2D eigenvalue weighted by Gasteiger charge is 2.54. The van der Waals surface area contributed by atoms with Crippen LogP contribution in [0.25, 0.3) is 0 Å². The van der Waals surface area contributed by atoms with Crippen molar-refractivity contribution in [3.05, 3.63) is 79.8 Å². The first kappa shape index (κ1) is 28.8. The minimum Gasteiger partial charge on any atom is -0.378 e. The van der Waals surface area contributed by atoms with Crippen LogP contribution >= 0.6 is 39.3 Å². The monoisotopic (exact) mass is 656 g/mol. The maximum Gasteiger partial charge on any atom is 0.263 e. The predicted octanol–water partition coefficient (Wildman–Crippen LogP) is 6.19. The first-order valence-electron chi connectivity index (χ1n) is 14.2. The Bertz CT molecular complexity index is 1410. The van der Waals surface area contributed by atoms with Crippen molar-refractivity contribution >= 4 is 56.3 Å². The number of thioether (sulfide) groups is 1. The smallest absolute Gasteiger partial charge is 0.263 e. The number of benzene rings is 2. The molecule has 2 amide bonds. The van der Waals surface area contributed by atoms with Gasteiger partial charge in [-0.3, -0.25) is 9.59 Å². The Labute approximate surface area is 259 Å². The molecule has 216 valence electrons.